The average molecular weight is 535 g/mol. The van der Waals surface area contributed by atoms with E-state index >= 15 is 0 Å². The van der Waals surface area contributed by atoms with Crippen LogP contribution in [0.1, 0.15) is 56.6 Å². The fourth-order valence-corrected chi connectivity index (χ4v) is 4.43. The van der Waals surface area contributed by atoms with E-state index in [1.807, 2.05) is 73.7 Å². The van der Waals surface area contributed by atoms with E-state index in [9.17, 15) is 0 Å². The molecule has 0 fully saturated rings. The fourth-order valence-electron chi connectivity index (χ4n) is 4.43. The van der Waals surface area contributed by atoms with E-state index in [1.54, 1.807) is 6.08 Å². The van der Waals surface area contributed by atoms with Crippen LogP contribution in [-0.4, -0.2) is 27.0 Å². The number of rotatable bonds is 13. The van der Waals surface area contributed by atoms with Crippen molar-refractivity contribution in [1.82, 2.24) is 20.4 Å². The number of aryl methyl sites for hydroxylation is 1. The van der Waals surface area contributed by atoms with Gasteiger partial charge in [-0.1, -0.05) is 69.4 Å². The minimum absolute atomic E-state index is 0.416. The van der Waals surface area contributed by atoms with E-state index in [1.165, 1.54) is 37.7 Å². The van der Waals surface area contributed by atoms with Crippen LogP contribution in [0.25, 0.3) is 51.9 Å². The van der Waals surface area contributed by atoms with E-state index in [-0.39, 0.29) is 0 Å². The third kappa shape index (κ3) is 6.54. The molecule has 7 nitrogen and oxygen atoms in total. The van der Waals surface area contributed by atoms with Gasteiger partial charge in [0.2, 0.25) is 23.6 Å². The smallest absolute Gasteiger partial charge is 0.248 e. The summed E-state index contributed by atoms with van der Waals surface area (Å²) >= 11 is 0. The average Bonchev–Trinajstić information content (AvgIpc) is 3.68. The summed E-state index contributed by atoms with van der Waals surface area (Å²) in [5, 5.41) is 17.0. The van der Waals surface area contributed by atoms with Gasteiger partial charge in [-0.3, -0.25) is 0 Å². The monoisotopic (exact) mass is 534 g/mol. The van der Waals surface area contributed by atoms with Crippen LogP contribution >= 0.6 is 0 Å². The number of hydrogen-bond acceptors (Lipinski definition) is 7. The lowest BCUT2D eigenvalue weighted by Crippen LogP contribution is -1.97. The van der Waals surface area contributed by atoms with Gasteiger partial charge < -0.3 is 13.6 Å². The first kappa shape index (κ1) is 27.1. The molecule has 0 aliphatic rings. The molecule has 0 bridgehead atoms. The number of benzene rings is 3. The zero-order valence-corrected chi connectivity index (χ0v) is 23.1. The van der Waals surface area contributed by atoms with Crippen molar-refractivity contribution >= 4 is 6.08 Å². The van der Waals surface area contributed by atoms with Crippen LogP contribution in [0.15, 0.2) is 82.1 Å². The lowest BCUT2D eigenvalue weighted by molar-refractivity contribution is 0.304. The van der Waals surface area contributed by atoms with E-state index in [2.05, 4.69) is 33.9 Å². The highest BCUT2D eigenvalue weighted by molar-refractivity contribution is 5.74. The summed E-state index contributed by atoms with van der Waals surface area (Å²) in [6.45, 7) is 8.97. The van der Waals surface area contributed by atoms with Crippen molar-refractivity contribution in [2.24, 2.45) is 0 Å². The van der Waals surface area contributed by atoms with Crippen molar-refractivity contribution in [3.8, 4) is 51.6 Å². The number of ether oxygens (including phenoxy) is 1. The molecule has 5 aromatic rings. The van der Waals surface area contributed by atoms with Gasteiger partial charge in [0, 0.05) is 22.3 Å². The molecule has 0 atom stereocenters. The highest BCUT2D eigenvalue weighted by atomic mass is 16.5. The third-order valence-electron chi connectivity index (χ3n) is 6.77. The summed E-state index contributed by atoms with van der Waals surface area (Å²) < 4.78 is 17.9. The second-order valence-corrected chi connectivity index (χ2v) is 9.84. The minimum atomic E-state index is 0.416. The van der Waals surface area contributed by atoms with Crippen molar-refractivity contribution in [3.05, 3.63) is 84.4 Å². The first-order chi connectivity index (χ1) is 19.6. The van der Waals surface area contributed by atoms with Crippen molar-refractivity contribution in [1.29, 1.82) is 0 Å². The Labute approximate surface area is 235 Å². The van der Waals surface area contributed by atoms with Crippen LogP contribution in [0, 0.1) is 6.92 Å². The molecule has 0 unspecified atom stereocenters. The summed E-state index contributed by atoms with van der Waals surface area (Å²) in [7, 11) is 0. The molecule has 0 spiro atoms. The fraction of sp³-hybridized carbons (Fsp3) is 0.273. The van der Waals surface area contributed by atoms with Crippen LogP contribution < -0.4 is 4.74 Å². The zero-order valence-electron chi connectivity index (χ0n) is 23.1. The molecule has 0 amide bonds. The molecule has 0 N–H and O–H groups in total. The Hall–Kier alpha value is -4.52. The standard InChI is InChI=1S/C33H34N4O3/c1-4-6-7-8-9-10-21-38-28-18-15-26(16-19-28)30-34-36-32(39-30)27-17-20-29(24(5-2)22-27)33-37-35-31(40-33)25-13-11-23(3)12-14-25/h5,11-20,22H,2,4,6-10,21H2,1,3H3. The Kier molecular flexibility index (Phi) is 8.81. The molecular formula is C33H34N4O3. The summed E-state index contributed by atoms with van der Waals surface area (Å²) in [6, 6.07) is 21.4. The van der Waals surface area contributed by atoms with Crippen molar-refractivity contribution in [2.45, 2.75) is 52.4 Å². The predicted molar refractivity (Wildman–Crippen MR) is 158 cm³/mol. The Morgan fingerprint density at radius 2 is 1.23 bits per heavy atom. The van der Waals surface area contributed by atoms with Crippen LogP contribution in [-0.2, 0) is 0 Å². The van der Waals surface area contributed by atoms with Gasteiger partial charge in [-0.15, -0.1) is 20.4 Å². The molecule has 0 radical (unpaired) electrons. The lowest BCUT2D eigenvalue weighted by atomic mass is 10.0. The molecule has 5 rings (SSSR count). The summed E-state index contributed by atoms with van der Waals surface area (Å²) in [4.78, 5) is 0. The maximum Gasteiger partial charge on any atom is 0.248 e. The lowest BCUT2D eigenvalue weighted by Gasteiger charge is -2.06. The highest BCUT2D eigenvalue weighted by Crippen LogP contribution is 2.32. The van der Waals surface area contributed by atoms with E-state index in [0.29, 0.717) is 23.6 Å². The molecule has 0 aliphatic heterocycles. The normalized spacial score (nSPS) is 11.1. The first-order valence-corrected chi connectivity index (χ1v) is 13.9. The first-order valence-electron chi connectivity index (χ1n) is 13.9. The molecule has 0 saturated carbocycles. The SMILES string of the molecule is C=Cc1cc(-c2nnc(-c3ccc(OCCCCCCCC)cc3)o2)ccc1-c1nnc(-c2ccc(C)cc2)o1. The molecule has 3 aromatic carbocycles. The van der Waals surface area contributed by atoms with Crippen molar-refractivity contribution in [2.75, 3.05) is 6.61 Å². The molecule has 2 aromatic heterocycles. The van der Waals surface area contributed by atoms with Gasteiger partial charge in [-0.25, -0.2) is 0 Å². The van der Waals surface area contributed by atoms with Gasteiger partial charge >= 0.3 is 0 Å². The van der Waals surface area contributed by atoms with Gasteiger partial charge in [0.05, 0.1) is 6.61 Å². The molecule has 40 heavy (non-hydrogen) atoms. The van der Waals surface area contributed by atoms with E-state index in [4.69, 9.17) is 13.6 Å². The molecule has 0 saturated heterocycles. The van der Waals surface area contributed by atoms with Crippen molar-refractivity contribution in [3.63, 3.8) is 0 Å². The third-order valence-corrected chi connectivity index (χ3v) is 6.77. The second-order valence-electron chi connectivity index (χ2n) is 9.84. The van der Waals surface area contributed by atoms with Crippen LogP contribution in [0.2, 0.25) is 0 Å². The number of unbranched alkanes of at least 4 members (excludes halogenated alkanes) is 5. The molecule has 204 valence electrons. The van der Waals surface area contributed by atoms with Gasteiger partial charge in [-0.2, -0.15) is 0 Å². The molecular weight excluding hydrogens is 500 g/mol. The largest absolute Gasteiger partial charge is 0.494 e. The quantitative estimate of drug-likeness (QED) is 0.139. The highest BCUT2D eigenvalue weighted by Gasteiger charge is 2.16. The second kappa shape index (κ2) is 13.0. The van der Waals surface area contributed by atoms with E-state index in [0.717, 1.165) is 46.6 Å². The van der Waals surface area contributed by atoms with Gasteiger partial charge in [0.15, 0.2) is 0 Å². The number of hydrogen-bond donors (Lipinski definition) is 0. The predicted octanol–water partition coefficient (Wildman–Crippen LogP) is 8.81. The molecule has 7 heteroatoms. The summed E-state index contributed by atoms with van der Waals surface area (Å²) in [6.07, 6.45) is 9.20. The van der Waals surface area contributed by atoms with Crippen molar-refractivity contribution < 1.29 is 13.6 Å². The van der Waals surface area contributed by atoms with Gasteiger partial charge in [0.1, 0.15) is 5.75 Å². The minimum Gasteiger partial charge on any atom is -0.494 e. The molecule has 2 heterocycles. The Morgan fingerprint density at radius 1 is 0.675 bits per heavy atom. The van der Waals surface area contributed by atoms with E-state index < -0.39 is 0 Å². The topological polar surface area (TPSA) is 87.1 Å². The Morgan fingerprint density at radius 3 is 1.90 bits per heavy atom. The van der Waals surface area contributed by atoms with Gasteiger partial charge in [-0.05, 0) is 73.5 Å². The van der Waals surface area contributed by atoms with Crippen LogP contribution in [0.3, 0.4) is 0 Å². The molecule has 0 aliphatic carbocycles. The maximum atomic E-state index is 6.01. The summed E-state index contributed by atoms with van der Waals surface area (Å²) in [5.41, 5.74) is 5.25. The van der Waals surface area contributed by atoms with Gasteiger partial charge in [0.25, 0.3) is 0 Å². The van der Waals surface area contributed by atoms with Crippen LogP contribution in [0.4, 0.5) is 0 Å². The number of aromatic nitrogens is 4. The van der Waals surface area contributed by atoms with Crippen LogP contribution in [0.5, 0.6) is 5.75 Å². The Balaban J connectivity index is 1.24. The summed E-state index contributed by atoms with van der Waals surface area (Å²) in [5.74, 6) is 2.59. The maximum absolute atomic E-state index is 6.01. The number of nitrogens with zero attached hydrogens (tertiary/aromatic N) is 4. The Bertz CT molecular complexity index is 1530. The zero-order chi connectivity index (χ0) is 27.7.